The summed E-state index contributed by atoms with van der Waals surface area (Å²) in [7, 11) is 2.94. The molecule has 0 aromatic rings. The zero-order valence-corrected chi connectivity index (χ0v) is 16.7. The number of carbonyl (C=O) groups excluding carboxylic acids is 5. The molecule has 1 saturated heterocycles. The summed E-state index contributed by atoms with van der Waals surface area (Å²) in [6.07, 6.45) is 3.14. The van der Waals surface area contributed by atoms with Crippen LogP contribution in [0.4, 0.5) is 0 Å². The van der Waals surface area contributed by atoms with Crippen LogP contribution in [0, 0.1) is 0 Å². The lowest BCUT2D eigenvalue weighted by atomic mass is 10.2. The van der Waals surface area contributed by atoms with E-state index in [4.69, 9.17) is 4.74 Å². The van der Waals surface area contributed by atoms with Crippen molar-refractivity contribution in [2.24, 2.45) is 0 Å². The third kappa shape index (κ3) is 8.21. The van der Waals surface area contributed by atoms with Gasteiger partial charge in [0.15, 0.2) is 0 Å². The number of fused-ring (bicyclic) bond motifs is 7. The molecule has 0 spiro atoms. The summed E-state index contributed by atoms with van der Waals surface area (Å²) in [4.78, 5) is 60.3. The third-order valence-electron chi connectivity index (χ3n) is 3.66. The molecule has 2 atom stereocenters. The van der Waals surface area contributed by atoms with Crippen LogP contribution in [0.1, 0.15) is 12.8 Å². The van der Waals surface area contributed by atoms with E-state index in [0.717, 1.165) is 5.75 Å². The quantitative estimate of drug-likeness (QED) is 0.206. The fourth-order valence-corrected chi connectivity index (χ4v) is 4.44. The van der Waals surface area contributed by atoms with Crippen molar-refractivity contribution in [1.29, 1.82) is 0 Å². The van der Waals surface area contributed by atoms with Crippen LogP contribution in [0.5, 0.6) is 0 Å². The summed E-state index contributed by atoms with van der Waals surface area (Å²) in [5.74, 6) is -1.79. The molecule has 2 heterocycles. The van der Waals surface area contributed by atoms with Crippen LogP contribution in [0.15, 0.2) is 12.2 Å². The van der Waals surface area contributed by atoms with E-state index in [0.29, 0.717) is 12.2 Å². The van der Waals surface area contributed by atoms with E-state index < -0.39 is 41.7 Å². The normalized spacial score (nSPS) is 27.4. The Morgan fingerprint density at radius 1 is 0.893 bits per heavy atom. The summed E-state index contributed by atoms with van der Waals surface area (Å²) in [6.45, 7) is -1.03. The van der Waals surface area contributed by atoms with E-state index in [1.807, 2.05) is 6.08 Å². The highest BCUT2D eigenvalue weighted by molar-refractivity contribution is 8.76. The Bertz CT molecular complexity index is 657. The fraction of sp³-hybridized carbons (Fsp3) is 0.562. The van der Waals surface area contributed by atoms with Crippen molar-refractivity contribution < 1.29 is 28.7 Å². The molecule has 2 rings (SSSR count). The van der Waals surface area contributed by atoms with Gasteiger partial charge in [0.2, 0.25) is 23.6 Å². The van der Waals surface area contributed by atoms with Gasteiger partial charge in [0.25, 0.3) is 0 Å². The lowest BCUT2D eigenvalue weighted by Gasteiger charge is -2.19. The Morgan fingerprint density at radius 2 is 1.64 bits per heavy atom. The Balaban J connectivity index is 2.23. The molecule has 0 aromatic heterocycles. The zero-order chi connectivity index (χ0) is 20.4. The highest BCUT2D eigenvalue weighted by Gasteiger charge is 2.23. The van der Waals surface area contributed by atoms with Gasteiger partial charge in [0, 0.05) is 11.5 Å². The molecule has 154 valence electrons. The van der Waals surface area contributed by atoms with Crippen LogP contribution in [-0.2, 0) is 28.7 Å². The molecule has 2 aliphatic rings. The summed E-state index contributed by atoms with van der Waals surface area (Å²) in [6, 6.07) is -0.860. The molecule has 2 aliphatic heterocycles. The molecule has 0 aromatic carbocycles. The van der Waals surface area contributed by atoms with Crippen molar-refractivity contribution in [1.82, 2.24) is 21.3 Å². The van der Waals surface area contributed by atoms with Crippen molar-refractivity contribution in [2.45, 2.75) is 25.0 Å². The number of ether oxygens (including phenoxy) is 1. The maximum absolute atomic E-state index is 12.3. The summed E-state index contributed by atoms with van der Waals surface area (Å²) >= 11 is 0. The van der Waals surface area contributed by atoms with Crippen LogP contribution in [-0.4, -0.2) is 72.9 Å². The van der Waals surface area contributed by atoms with Gasteiger partial charge in [0.1, 0.15) is 18.7 Å². The van der Waals surface area contributed by atoms with E-state index in [9.17, 15) is 24.0 Å². The van der Waals surface area contributed by atoms with Crippen LogP contribution >= 0.6 is 21.6 Å². The van der Waals surface area contributed by atoms with Crippen molar-refractivity contribution in [3.63, 3.8) is 0 Å². The number of hydrogen-bond donors (Lipinski definition) is 4. The first-order valence-electron chi connectivity index (χ1n) is 8.65. The Morgan fingerprint density at radius 3 is 2.46 bits per heavy atom. The molecule has 4 N–H and O–H groups in total. The van der Waals surface area contributed by atoms with E-state index in [1.165, 1.54) is 21.6 Å². The van der Waals surface area contributed by atoms with Crippen LogP contribution in [0.3, 0.4) is 0 Å². The van der Waals surface area contributed by atoms with Crippen LogP contribution in [0.25, 0.3) is 0 Å². The largest absolute Gasteiger partial charge is 0.456 e. The standard InChI is InChI=1S/C16H22N4O6S2/c21-12-5-10-3-1-2-4-27-28-9-11(20-14(23)7-17-12)16(25)19-6-13(22)18-8-15(24)26-10/h1,3,10-11H,2,4-9H2,(H,17,21)(H,18,22)(H,19,25)(H,20,23)/b3-1+/t10?,11-/m1/s1. The fourth-order valence-electron chi connectivity index (χ4n) is 2.28. The Kier molecular flexibility index (Phi) is 9.14. The van der Waals surface area contributed by atoms with Gasteiger partial charge in [-0.1, -0.05) is 27.7 Å². The van der Waals surface area contributed by atoms with Crippen molar-refractivity contribution in [2.75, 3.05) is 31.1 Å². The summed E-state index contributed by atoms with van der Waals surface area (Å²) in [5, 5.41) is 9.78. The minimum Gasteiger partial charge on any atom is -0.456 e. The second-order valence-electron chi connectivity index (χ2n) is 5.95. The first kappa shape index (κ1) is 22.1. The average Bonchev–Trinajstić information content (AvgIpc) is 2.66. The van der Waals surface area contributed by atoms with E-state index in [1.54, 1.807) is 6.08 Å². The Hall–Kier alpha value is -2.21. The van der Waals surface area contributed by atoms with Gasteiger partial charge in [-0.2, -0.15) is 0 Å². The van der Waals surface area contributed by atoms with Crippen LogP contribution in [0.2, 0.25) is 0 Å². The average molecular weight is 431 g/mol. The van der Waals surface area contributed by atoms with E-state index >= 15 is 0 Å². The molecule has 4 amide bonds. The highest BCUT2D eigenvalue weighted by Crippen LogP contribution is 2.23. The SMILES string of the molecule is O=C1CNC(=O)[C@H]2CSSCC/C=C/C(CC(=O)NCC(=O)N2)OC(=O)CN1. The predicted octanol–water partition coefficient (Wildman–Crippen LogP) is -1.52. The van der Waals surface area contributed by atoms with Crippen molar-refractivity contribution >= 4 is 51.2 Å². The lowest BCUT2D eigenvalue weighted by Crippen LogP contribution is -2.52. The van der Waals surface area contributed by atoms with Crippen LogP contribution < -0.4 is 21.3 Å². The maximum atomic E-state index is 12.3. The van der Waals surface area contributed by atoms with Gasteiger partial charge < -0.3 is 26.0 Å². The van der Waals surface area contributed by atoms with E-state index in [-0.39, 0.29) is 26.1 Å². The van der Waals surface area contributed by atoms with Gasteiger partial charge >= 0.3 is 5.97 Å². The second-order valence-corrected chi connectivity index (χ2v) is 8.57. The number of rotatable bonds is 0. The molecule has 28 heavy (non-hydrogen) atoms. The molecule has 0 aliphatic carbocycles. The molecular weight excluding hydrogens is 408 g/mol. The van der Waals surface area contributed by atoms with Gasteiger partial charge in [-0.3, -0.25) is 24.0 Å². The lowest BCUT2D eigenvalue weighted by molar-refractivity contribution is -0.148. The molecule has 2 bridgehead atoms. The second kappa shape index (κ2) is 11.6. The van der Waals surface area contributed by atoms with Crippen molar-refractivity contribution in [3.8, 4) is 0 Å². The number of esters is 1. The highest BCUT2D eigenvalue weighted by atomic mass is 33.1. The zero-order valence-electron chi connectivity index (χ0n) is 15.0. The molecule has 12 heteroatoms. The Labute approximate surface area is 169 Å². The molecule has 0 saturated carbocycles. The molecule has 1 unspecified atom stereocenters. The van der Waals surface area contributed by atoms with Gasteiger partial charge in [-0.15, -0.1) is 0 Å². The van der Waals surface area contributed by atoms with Gasteiger partial charge in [-0.25, -0.2) is 0 Å². The number of allylic oxidation sites excluding steroid dienone is 1. The first-order valence-corrected chi connectivity index (χ1v) is 11.1. The third-order valence-corrected chi connectivity index (χ3v) is 6.10. The summed E-state index contributed by atoms with van der Waals surface area (Å²) in [5.41, 5.74) is 0. The molecule has 0 radical (unpaired) electrons. The molecule has 10 nitrogen and oxygen atoms in total. The minimum absolute atomic E-state index is 0.157. The number of carbonyl (C=O) groups is 5. The van der Waals surface area contributed by atoms with Crippen molar-refractivity contribution in [3.05, 3.63) is 12.2 Å². The number of nitrogens with one attached hydrogen (secondary N) is 4. The van der Waals surface area contributed by atoms with Gasteiger partial charge in [0.05, 0.1) is 19.5 Å². The maximum Gasteiger partial charge on any atom is 0.326 e. The monoisotopic (exact) mass is 430 g/mol. The number of hydrogen-bond acceptors (Lipinski definition) is 8. The topological polar surface area (TPSA) is 143 Å². The first-order chi connectivity index (χ1) is 13.4. The smallest absolute Gasteiger partial charge is 0.326 e. The van der Waals surface area contributed by atoms with E-state index in [2.05, 4.69) is 21.3 Å². The molecular formula is C16H22N4O6S2. The number of amides is 4. The van der Waals surface area contributed by atoms with Gasteiger partial charge in [-0.05, 0) is 12.5 Å². The summed E-state index contributed by atoms with van der Waals surface area (Å²) < 4.78 is 5.23. The minimum atomic E-state index is -0.860. The predicted molar refractivity (Wildman–Crippen MR) is 104 cm³/mol. The molecule has 1 fully saturated rings.